The third kappa shape index (κ3) is 4.57. The number of aryl methyl sites for hydroxylation is 1. The Labute approximate surface area is 175 Å². The van der Waals surface area contributed by atoms with Crippen molar-refractivity contribution in [2.45, 2.75) is 32.4 Å². The van der Waals surface area contributed by atoms with Crippen molar-refractivity contribution < 1.29 is 9.59 Å². The fourth-order valence-corrected chi connectivity index (χ4v) is 4.12. The Morgan fingerprint density at radius 3 is 2.38 bits per heavy atom. The normalized spacial score (nSPS) is 13.2. The summed E-state index contributed by atoms with van der Waals surface area (Å²) in [5.41, 5.74) is 4.88. The van der Waals surface area contributed by atoms with Gasteiger partial charge in [0.05, 0.1) is 4.88 Å². The summed E-state index contributed by atoms with van der Waals surface area (Å²) < 4.78 is 0. The monoisotopic (exact) mass is 404 g/mol. The molecule has 1 aromatic heterocycles. The zero-order valence-electron chi connectivity index (χ0n) is 16.6. The maximum Gasteiger partial charge on any atom is 0.264 e. The first-order valence-electron chi connectivity index (χ1n) is 9.81. The molecule has 0 radical (unpaired) electrons. The summed E-state index contributed by atoms with van der Waals surface area (Å²) in [6.07, 6.45) is 2.15. The lowest BCUT2D eigenvalue weighted by Gasteiger charge is -2.18. The van der Waals surface area contributed by atoms with Gasteiger partial charge in [0.1, 0.15) is 0 Å². The second-order valence-electron chi connectivity index (χ2n) is 7.64. The summed E-state index contributed by atoms with van der Waals surface area (Å²) in [5.74, 6) is -0.0177. The molecule has 4 rings (SSSR count). The van der Waals surface area contributed by atoms with Gasteiger partial charge < -0.3 is 10.2 Å². The van der Waals surface area contributed by atoms with E-state index in [0.29, 0.717) is 18.2 Å². The molecule has 0 saturated heterocycles. The minimum atomic E-state index is -0.0233. The predicted molar refractivity (Wildman–Crippen MR) is 117 cm³/mol. The first-order valence-corrected chi connectivity index (χ1v) is 10.7. The van der Waals surface area contributed by atoms with Crippen LogP contribution in [0.1, 0.15) is 44.0 Å². The lowest BCUT2D eigenvalue weighted by molar-refractivity contribution is 0.0790. The van der Waals surface area contributed by atoms with Crippen LogP contribution in [0.3, 0.4) is 0 Å². The molecule has 2 aromatic carbocycles. The van der Waals surface area contributed by atoms with Crippen LogP contribution >= 0.6 is 11.3 Å². The highest BCUT2D eigenvalue weighted by Crippen LogP contribution is 2.30. The van der Waals surface area contributed by atoms with E-state index in [1.165, 1.54) is 16.9 Å². The Morgan fingerprint density at radius 2 is 1.72 bits per heavy atom. The largest absolute Gasteiger partial charge is 0.349 e. The number of hydrogen-bond donors (Lipinski definition) is 1. The topological polar surface area (TPSA) is 49.4 Å². The molecule has 3 aromatic rings. The lowest BCUT2D eigenvalue weighted by Crippen LogP contribution is -2.26. The average molecular weight is 405 g/mol. The minimum Gasteiger partial charge on any atom is -0.349 e. The molecule has 0 spiro atoms. The molecule has 2 amide bonds. The molecule has 1 aliphatic rings. The first-order chi connectivity index (χ1) is 14.0. The third-order valence-corrected chi connectivity index (χ3v) is 6.02. The van der Waals surface area contributed by atoms with Crippen LogP contribution in [0.15, 0.2) is 60.0 Å². The van der Waals surface area contributed by atoms with E-state index in [1.807, 2.05) is 42.8 Å². The van der Waals surface area contributed by atoms with Gasteiger partial charge in [0.25, 0.3) is 11.8 Å². The van der Waals surface area contributed by atoms with Crippen molar-refractivity contribution in [3.05, 3.63) is 81.5 Å². The van der Waals surface area contributed by atoms with Crippen LogP contribution < -0.4 is 5.32 Å². The minimum absolute atomic E-state index is 0.00567. The molecular weight excluding hydrogens is 380 g/mol. The van der Waals surface area contributed by atoms with E-state index in [4.69, 9.17) is 0 Å². The quantitative estimate of drug-likeness (QED) is 0.636. The van der Waals surface area contributed by atoms with Crippen molar-refractivity contribution in [1.29, 1.82) is 0 Å². The molecule has 0 bridgehead atoms. The summed E-state index contributed by atoms with van der Waals surface area (Å²) >= 11 is 1.47. The second kappa shape index (κ2) is 8.21. The molecule has 1 aliphatic carbocycles. The Morgan fingerprint density at radius 1 is 1.03 bits per heavy atom. The summed E-state index contributed by atoms with van der Waals surface area (Å²) in [6.45, 7) is 2.55. The van der Waals surface area contributed by atoms with Crippen LogP contribution in [0.5, 0.6) is 0 Å². The van der Waals surface area contributed by atoms with E-state index in [9.17, 15) is 9.59 Å². The molecule has 0 atom stereocenters. The van der Waals surface area contributed by atoms with E-state index in [2.05, 4.69) is 36.5 Å². The average Bonchev–Trinajstić information content (AvgIpc) is 3.40. The van der Waals surface area contributed by atoms with E-state index >= 15 is 0 Å². The molecule has 5 heteroatoms. The number of nitrogens with zero attached hydrogens (tertiary/aromatic N) is 1. The van der Waals surface area contributed by atoms with Gasteiger partial charge in [-0.2, -0.15) is 0 Å². The number of nitrogens with one attached hydrogen (secondary N) is 1. The predicted octanol–water partition coefficient (Wildman–Crippen LogP) is 4.89. The molecule has 1 fully saturated rings. The van der Waals surface area contributed by atoms with E-state index in [0.717, 1.165) is 34.4 Å². The molecule has 4 nitrogen and oxygen atoms in total. The molecule has 148 valence electrons. The van der Waals surface area contributed by atoms with Crippen molar-refractivity contribution in [3.63, 3.8) is 0 Å². The summed E-state index contributed by atoms with van der Waals surface area (Å²) in [7, 11) is 1.81. The number of rotatable bonds is 6. The number of benzene rings is 2. The van der Waals surface area contributed by atoms with E-state index in [-0.39, 0.29) is 11.8 Å². The maximum absolute atomic E-state index is 13.0. The van der Waals surface area contributed by atoms with Crippen LogP contribution in [0.2, 0.25) is 0 Å². The fourth-order valence-electron chi connectivity index (χ4n) is 3.21. The number of thiophene rings is 1. The van der Waals surface area contributed by atoms with Gasteiger partial charge in [-0.15, -0.1) is 11.3 Å². The highest BCUT2D eigenvalue weighted by molar-refractivity contribution is 7.12. The number of carbonyl (C=O) groups is 2. The summed E-state index contributed by atoms with van der Waals surface area (Å²) in [6, 6.07) is 18.1. The van der Waals surface area contributed by atoms with Gasteiger partial charge in [0.15, 0.2) is 0 Å². The van der Waals surface area contributed by atoms with Gasteiger partial charge in [-0.25, -0.2) is 0 Å². The number of hydrogen-bond acceptors (Lipinski definition) is 3. The molecule has 1 saturated carbocycles. The van der Waals surface area contributed by atoms with Crippen molar-refractivity contribution in [2.75, 3.05) is 7.05 Å². The number of amides is 2. The lowest BCUT2D eigenvalue weighted by atomic mass is 10.0. The zero-order chi connectivity index (χ0) is 20.4. The van der Waals surface area contributed by atoms with Gasteiger partial charge in [0, 0.05) is 30.8 Å². The van der Waals surface area contributed by atoms with Crippen LogP contribution in [0.25, 0.3) is 11.1 Å². The third-order valence-electron chi connectivity index (χ3n) is 5.12. The van der Waals surface area contributed by atoms with Gasteiger partial charge in [-0.3, -0.25) is 9.59 Å². The van der Waals surface area contributed by atoms with Crippen LogP contribution in [0, 0.1) is 6.92 Å². The van der Waals surface area contributed by atoms with Gasteiger partial charge in [-0.1, -0.05) is 42.0 Å². The SMILES string of the molecule is Cc1ccc(-c2ccsc2C(=O)N(C)Cc2ccc(C(=O)NC3CC3)cc2)cc1. The summed E-state index contributed by atoms with van der Waals surface area (Å²) in [4.78, 5) is 27.6. The molecule has 1 N–H and O–H groups in total. The van der Waals surface area contributed by atoms with Crippen LogP contribution in [-0.2, 0) is 6.54 Å². The first kappa shape index (κ1) is 19.4. The maximum atomic E-state index is 13.0. The summed E-state index contributed by atoms with van der Waals surface area (Å²) in [5, 5.41) is 4.95. The highest BCUT2D eigenvalue weighted by Gasteiger charge is 2.24. The Kier molecular flexibility index (Phi) is 5.49. The van der Waals surface area contributed by atoms with Gasteiger partial charge in [-0.05, 0) is 54.5 Å². The van der Waals surface area contributed by atoms with Crippen molar-refractivity contribution >= 4 is 23.2 Å². The Balaban J connectivity index is 1.44. The molecule has 1 heterocycles. The zero-order valence-corrected chi connectivity index (χ0v) is 17.5. The second-order valence-corrected chi connectivity index (χ2v) is 8.55. The molecule has 29 heavy (non-hydrogen) atoms. The standard InChI is InChI=1S/C24H24N2O2S/c1-16-3-7-18(8-4-16)21-13-14-29-22(21)24(28)26(2)15-17-5-9-19(10-6-17)23(27)25-20-11-12-20/h3-10,13-14,20H,11-12,15H2,1-2H3,(H,25,27). The molecule has 0 unspecified atom stereocenters. The highest BCUT2D eigenvalue weighted by atomic mass is 32.1. The van der Waals surface area contributed by atoms with E-state index < -0.39 is 0 Å². The van der Waals surface area contributed by atoms with Crippen LogP contribution in [0.4, 0.5) is 0 Å². The van der Waals surface area contributed by atoms with Crippen molar-refractivity contribution in [3.8, 4) is 11.1 Å². The Bertz CT molecular complexity index is 1020. The van der Waals surface area contributed by atoms with Crippen LogP contribution in [-0.4, -0.2) is 29.8 Å². The van der Waals surface area contributed by atoms with E-state index in [1.54, 1.807) is 4.90 Å². The molecule has 0 aliphatic heterocycles. The smallest absolute Gasteiger partial charge is 0.264 e. The van der Waals surface area contributed by atoms with Gasteiger partial charge >= 0.3 is 0 Å². The number of carbonyl (C=O) groups excluding carboxylic acids is 2. The molecular formula is C24H24N2O2S. The van der Waals surface area contributed by atoms with Crippen molar-refractivity contribution in [1.82, 2.24) is 10.2 Å². The fraction of sp³-hybridized carbons (Fsp3) is 0.250. The Hall–Kier alpha value is -2.92. The van der Waals surface area contributed by atoms with Gasteiger partial charge in [0.2, 0.25) is 0 Å². The van der Waals surface area contributed by atoms with Crippen molar-refractivity contribution in [2.24, 2.45) is 0 Å².